The third kappa shape index (κ3) is 3.96. The monoisotopic (exact) mass is 306 g/mol. The van der Waals surface area contributed by atoms with Crippen molar-refractivity contribution in [1.29, 1.82) is 0 Å². The maximum atomic E-state index is 12.3. The Bertz CT molecular complexity index is 697. The van der Waals surface area contributed by atoms with Crippen molar-refractivity contribution >= 4 is 15.7 Å². The topological polar surface area (TPSA) is 81.4 Å². The van der Waals surface area contributed by atoms with E-state index in [1.54, 1.807) is 48.5 Å². The van der Waals surface area contributed by atoms with Crippen molar-refractivity contribution in [3.05, 3.63) is 54.1 Å². The van der Waals surface area contributed by atoms with Gasteiger partial charge in [0.05, 0.1) is 17.7 Å². The van der Waals surface area contributed by atoms with E-state index in [9.17, 15) is 8.42 Å². The van der Waals surface area contributed by atoms with E-state index in [0.717, 1.165) is 12.0 Å². The van der Waals surface area contributed by atoms with Gasteiger partial charge in [-0.15, -0.1) is 0 Å². The highest BCUT2D eigenvalue weighted by molar-refractivity contribution is 7.92. The molecule has 0 fully saturated rings. The molecule has 0 saturated carbocycles. The zero-order chi connectivity index (χ0) is 15.3. The molecule has 0 atom stereocenters. The van der Waals surface area contributed by atoms with Crippen molar-refractivity contribution in [2.24, 2.45) is 5.73 Å². The Morgan fingerprint density at radius 1 is 1.14 bits per heavy atom. The number of hydrogen-bond acceptors (Lipinski definition) is 4. The molecular formula is C15H18N2O3S. The van der Waals surface area contributed by atoms with Crippen LogP contribution < -0.4 is 15.2 Å². The van der Waals surface area contributed by atoms with E-state index in [2.05, 4.69) is 4.72 Å². The van der Waals surface area contributed by atoms with Gasteiger partial charge in [-0.3, -0.25) is 4.72 Å². The van der Waals surface area contributed by atoms with Gasteiger partial charge in [-0.25, -0.2) is 8.42 Å². The van der Waals surface area contributed by atoms with E-state index in [-0.39, 0.29) is 4.90 Å². The van der Waals surface area contributed by atoms with Gasteiger partial charge in [-0.1, -0.05) is 18.2 Å². The summed E-state index contributed by atoms with van der Waals surface area (Å²) in [6.45, 7) is 0.536. The minimum Gasteiger partial charge on any atom is -0.497 e. The second-order valence-electron chi connectivity index (χ2n) is 4.52. The van der Waals surface area contributed by atoms with Crippen molar-refractivity contribution in [3.8, 4) is 5.75 Å². The van der Waals surface area contributed by atoms with Gasteiger partial charge in [0, 0.05) is 6.07 Å². The first kappa shape index (κ1) is 15.3. The van der Waals surface area contributed by atoms with Gasteiger partial charge in [0.15, 0.2) is 0 Å². The van der Waals surface area contributed by atoms with Crippen molar-refractivity contribution in [2.75, 3.05) is 18.4 Å². The Labute approximate surface area is 124 Å². The number of nitrogens with one attached hydrogen (secondary N) is 1. The van der Waals surface area contributed by atoms with Crippen molar-refractivity contribution in [3.63, 3.8) is 0 Å². The number of rotatable bonds is 6. The first-order chi connectivity index (χ1) is 10.0. The van der Waals surface area contributed by atoms with Crippen LogP contribution in [0.4, 0.5) is 5.69 Å². The van der Waals surface area contributed by atoms with E-state index in [0.29, 0.717) is 18.0 Å². The Balaban J connectivity index is 2.21. The minimum atomic E-state index is -3.61. The average Bonchev–Trinajstić information content (AvgIpc) is 2.48. The molecule has 6 heteroatoms. The molecule has 0 amide bonds. The van der Waals surface area contributed by atoms with Crippen LogP contribution in [0.15, 0.2) is 53.4 Å². The van der Waals surface area contributed by atoms with Crippen molar-refractivity contribution < 1.29 is 13.2 Å². The van der Waals surface area contributed by atoms with Crippen molar-refractivity contribution in [2.45, 2.75) is 11.3 Å². The molecule has 0 saturated heterocycles. The third-order valence-corrected chi connectivity index (χ3v) is 4.39. The Kier molecular flexibility index (Phi) is 4.82. The van der Waals surface area contributed by atoms with Gasteiger partial charge in [0.25, 0.3) is 10.0 Å². The first-order valence-corrected chi connectivity index (χ1v) is 7.99. The molecule has 2 aromatic rings. The molecule has 0 unspecified atom stereocenters. The summed E-state index contributed by atoms with van der Waals surface area (Å²) in [5, 5.41) is 0. The lowest BCUT2D eigenvalue weighted by atomic mass is 10.2. The molecule has 0 aliphatic heterocycles. The fourth-order valence-electron chi connectivity index (χ4n) is 1.90. The molecule has 0 radical (unpaired) electrons. The summed E-state index contributed by atoms with van der Waals surface area (Å²) < 4.78 is 32.2. The predicted octanol–water partition coefficient (Wildman–Crippen LogP) is 2.00. The summed E-state index contributed by atoms with van der Waals surface area (Å²) in [4.78, 5) is 0.214. The molecule has 0 spiro atoms. The number of sulfonamides is 1. The highest BCUT2D eigenvalue weighted by Crippen LogP contribution is 2.20. The van der Waals surface area contributed by atoms with Crippen LogP contribution >= 0.6 is 0 Å². The predicted molar refractivity (Wildman–Crippen MR) is 83.0 cm³/mol. The van der Waals surface area contributed by atoms with E-state index >= 15 is 0 Å². The highest BCUT2D eigenvalue weighted by Gasteiger charge is 2.14. The maximum Gasteiger partial charge on any atom is 0.261 e. The summed E-state index contributed by atoms with van der Waals surface area (Å²) in [6, 6.07) is 13.5. The van der Waals surface area contributed by atoms with E-state index in [1.165, 1.54) is 7.11 Å². The quantitative estimate of drug-likeness (QED) is 0.855. The van der Waals surface area contributed by atoms with Crippen LogP contribution in [0.1, 0.15) is 5.56 Å². The second kappa shape index (κ2) is 6.60. The summed E-state index contributed by atoms with van der Waals surface area (Å²) in [5.41, 5.74) is 6.94. The Morgan fingerprint density at radius 2 is 1.86 bits per heavy atom. The van der Waals surface area contributed by atoms with Gasteiger partial charge < -0.3 is 10.5 Å². The molecule has 21 heavy (non-hydrogen) atoms. The van der Waals surface area contributed by atoms with Gasteiger partial charge in [0.1, 0.15) is 5.75 Å². The van der Waals surface area contributed by atoms with Crippen LogP contribution in [0.3, 0.4) is 0 Å². The lowest BCUT2D eigenvalue weighted by molar-refractivity contribution is 0.415. The zero-order valence-corrected chi connectivity index (χ0v) is 12.6. The SMILES string of the molecule is COc1cccc(NS(=O)(=O)c2ccc(CCN)cc2)c1. The molecule has 5 nitrogen and oxygen atoms in total. The zero-order valence-electron chi connectivity index (χ0n) is 11.7. The van der Waals surface area contributed by atoms with Crippen LogP contribution in [0.25, 0.3) is 0 Å². The molecule has 2 aromatic carbocycles. The van der Waals surface area contributed by atoms with E-state index in [4.69, 9.17) is 10.5 Å². The normalized spacial score (nSPS) is 11.1. The molecule has 0 aliphatic rings. The summed E-state index contributed by atoms with van der Waals surface area (Å²) >= 11 is 0. The van der Waals surface area contributed by atoms with Gasteiger partial charge in [-0.2, -0.15) is 0 Å². The number of nitrogens with two attached hydrogens (primary N) is 1. The van der Waals surface area contributed by atoms with Crippen LogP contribution in [0.5, 0.6) is 5.75 Å². The number of methoxy groups -OCH3 is 1. The number of hydrogen-bond donors (Lipinski definition) is 2. The lowest BCUT2D eigenvalue weighted by Crippen LogP contribution is -2.13. The Hall–Kier alpha value is -2.05. The summed E-state index contributed by atoms with van der Waals surface area (Å²) in [6.07, 6.45) is 0.726. The molecule has 2 rings (SSSR count). The van der Waals surface area contributed by atoms with Gasteiger partial charge >= 0.3 is 0 Å². The largest absolute Gasteiger partial charge is 0.497 e. The summed E-state index contributed by atoms with van der Waals surface area (Å²) in [5.74, 6) is 0.591. The average molecular weight is 306 g/mol. The highest BCUT2D eigenvalue weighted by atomic mass is 32.2. The van der Waals surface area contributed by atoms with E-state index < -0.39 is 10.0 Å². The van der Waals surface area contributed by atoms with E-state index in [1.807, 2.05) is 0 Å². The number of ether oxygens (including phenoxy) is 1. The third-order valence-electron chi connectivity index (χ3n) is 2.99. The van der Waals surface area contributed by atoms with Crippen molar-refractivity contribution in [1.82, 2.24) is 0 Å². The number of anilines is 1. The first-order valence-electron chi connectivity index (χ1n) is 6.51. The molecule has 0 aromatic heterocycles. The van der Waals surface area contributed by atoms with Gasteiger partial charge in [0.2, 0.25) is 0 Å². The second-order valence-corrected chi connectivity index (χ2v) is 6.20. The molecule has 0 aliphatic carbocycles. The molecule has 3 N–H and O–H groups in total. The van der Waals surface area contributed by atoms with Crippen LogP contribution in [-0.2, 0) is 16.4 Å². The smallest absolute Gasteiger partial charge is 0.261 e. The maximum absolute atomic E-state index is 12.3. The fourth-order valence-corrected chi connectivity index (χ4v) is 2.95. The lowest BCUT2D eigenvalue weighted by Gasteiger charge is -2.09. The summed E-state index contributed by atoms with van der Waals surface area (Å²) in [7, 11) is -2.08. The van der Waals surface area contributed by atoms with Crippen LogP contribution in [0.2, 0.25) is 0 Å². The Morgan fingerprint density at radius 3 is 2.48 bits per heavy atom. The van der Waals surface area contributed by atoms with Crippen LogP contribution in [0, 0.1) is 0 Å². The van der Waals surface area contributed by atoms with Crippen LogP contribution in [-0.4, -0.2) is 22.1 Å². The molecular weight excluding hydrogens is 288 g/mol. The number of benzene rings is 2. The standard InChI is InChI=1S/C15H18N2O3S/c1-20-14-4-2-3-13(11-14)17-21(18,19)15-7-5-12(6-8-15)9-10-16/h2-8,11,17H,9-10,16H2,1H3. The fraction of sp³-hybridized carbons (Fsp3) is 0.200. The van der Waals surface area contributed by atoms with Gasteiger partial charge in [-0.05, 0) is 42.8 Å². The molecule has 0 bridgehead atoms. The molecule has 112 valence electrons. The molecule has 0 heterocycles. The minimum absolute atomic E-state index is 0.214.